The number of hydrogen-bond donors (Lipinski definition) is 2. The first-order valence-electron chi connectivity index (χ1n) is 6.13. The number of nitrogens with one attached hydrogen (secondary N) is 1. The van der Waals surface area contributed by atoms with Crippen LogP contribution in [0.2, 0.25) is 5.02 Å². The molecule has 0 saturated heterocycles. The lowest BCUT2D eigenvalue weighted by Crippen LogP contribution is -2.29. The van der Waals surface area contributed by atoms with Gasteiger partial charge in [-0.3, -0.25) is 9.00 Å². The van der Waals surface area contributed by atoms with Gasteiger partial charge in [-0.05, 0) is 24.6 Å². The fourth-order valence-corrected chi connectivity index (χ4v) is 3.43. The molecule has 0 aliphatic carbocycles. The Kier molecular flexibility index (Phi) is 6.33. The van der Waals surface area contributed by atoms with E-state index in [-0.39, 0.29) is 27.6 Å². The number of benzene rings is 1. The van der Waals surface area contributed by atoms with Crippen LogP contribution >= 0.6 is 11.6 Å². The monoisotopic (exact) mass is 352 g/mol. The van der Waals surface area contributed by atoms with Crippen molar-refractivity contribution in [1.82, 2.24) is 5.32 Å². The van der Waals surface area contributed by atoms with E-state index in [1.165, 1.54) is 19.1 Å². The lowest BCUT2D eigenvalue weighted by atomic mass is 10.1. The fourth-order valence-electron chi connectivity index (χ4n) is 1.70. The molecule has 0 bridgehead atoms. The van der Waals surface area contributed by atoms with E-state index in [1.54, 1.807) is 6.92 Å². The van der Waals surface area contributed by atoms with Gasteiger partial charge < -0.3 is 5.32 Å². The van der Waals surface area contributed by atoms with Gasteiger partial charge in [0.2, 0.25) is 10.0 Å². The van der Waals surface area contributed by atoms with Crippen molar-refractivity contribution in [1.29, 1.82) is 0 Å². The van der Waals surface area contributed by atoms with E-state index in [2.05, 4.69) is 5.32 Å². The summed E-state index contributed by atoms with van der Waals surface area (Å²) in [6.45, 7) is 3.50. The lowest BCUT2D eigenvalue weighted by molar-refractivity contribution is 0.0955. The van der Waals surface area contributed by atoms with Crippen LogP contribution in [0.5, 0.6) is 0 Å². The summed E-state index contributed by atoms with van der Waals surface area (Å²) in [6, 6.07) is 2.58. The zero-order chi connectivity index (χ0) is 16.2. The lowest BCUT2D eigenvalue weighted by Gasteiger charge is -2.11. The fraction of sp³-hybridized carbons (Fsp3) is 0.417. The molecule has 3 N–H and O–H groups in total. The topological polar surface area (TPSA) is 106 Å². The molecule has 118 valence electrons. The van der Waals surface area contributed by atoms with Gasteiger partial charge in [0.15, 0.2) is 0 Å². The zero-order valence-electron chi connectivity index (χ0n) is 11.7. The maximum Gasteiger partial charge on any atom is 0.251 e. The highest BCUT2D eigenvalue weighted by atomic mass is 35.5. The van der Waals surface area contributed by atoms with Crippen molar-refractivity contribution in [2.24, 2.45) is 5.14 Å². The Morgan fingerprint density at radius 3 is 2.57 bits per heavy atom. The SMILES string of the molecule is CCS(=O)CCNC(=O)c1cc(Cl)cc(S(N)(=O)=O)c1C. The van der Waals surface area contributed by atoms with Crippen LogP contribution in [0.4, 0.5) is 0 Å². The Hall–Kier alpha value is -0.960. The summed E-state index contributed by atoms with van der Waals surface area (Å²) in [6.07, 6.45) is 0. The van der Waals surface area contributed by atoms with Crippen LogP contribution < -0.4 is 10.5 Å². The van der Waals surface area contributed by atoms with Crippen molar-refractivity contribution in [2.75, 3.05) is 18.1 Å². The number of carbonyl (C=O) groups excluding carboxylic acids is 1. The number of amides is 1. The van der Waals surface area contributed by atoms with Crippen LogP contribution in [0.1, 0.15) is 22.8 Å². The molecule has 0 saturated carbocycles. The van der Waals surface area contributed by atoms with Crippen LogP contribution in [0.3, 0.4) is 0 Å². The standard InChI is InChI=1S/C12H17ClN2O4S2/c1-3-20(17)5-4-15-12(16)10-6-9(13)7-11(8(10)2)21(14,18)19/h6-7H,3-5H2,1-2H3,(H,15,16)(H2,14,18,19). The molecule has 0 aliphatic rings. The van der Waals surface area contributed by atoms with Gasteiger partial charge in [-0.25, -0.2) is 13.6 Å². The van der Waals surface area contributed by atoms with Gasteiger partial charge in [0, 0.05) is 39.4 Å². The minimum atomic E-state index is -3.96. The average Bonchev–Trinajstić information content (AvgIpc) is 2.39. The Balaban J connectivity index is 3.00. The highest BCUT2D eigenvalue weighted by Crippen LogP contribution is 2.23. The summed E-state index contributed by atoms with van der Waals surface area (Å²) >= 11 is 5.83. The first-order chi connectivity index (χ1) is 9.66. The van der Waals surface area contributed by atoms with Crippen LogP contribution in [-0.2, 0) is 20.8 Å². The quantitative estimate of drug-likeness (QED) is 0.789. The summed E-state index contributed by atoms with van der Waals surface area (Å²) in [5, 5.41) is 7.78. The molecule has 1 aromatic rings. The van der Waals surface area contributed by atoms with Crippen molar-refractivity contribution in [3.05, 3.63) is 28.3 Å². The third-order valence-corrected chi connectivity index (χ3v) is 5.37. The van der Waals surface area contributed by atoms with Crippen LogP contribution in [0, 0.1) is 6.92 Å². The first-order valence-corrected chi connectivity index (χ1v) is 9.54. The number of primary sulfonamides is 1. The second-order valence-corrected chi connectivity index (χ2v) is 8.14. The van der Waals surface area contributed by atoms with E-state index in [0.717, 1.165) is 0 Å². The van der Waals surface area contributed by atoms with Crippen molar-refractivity contribution in [3.63, 3.8) is 0 Å². The third-order valence-electron chi connectivity index (χ3n) is 2.81. The second-order valence-electron chi connectivity index (χ2n) is 4.31. The molecule has 0 fully saturated rings. The molecule has 9 heteroatoms. The van der Waals surface area contributed by atoms with Gasteiger partial charge in [0.05, 0.1) is 4.90 Å². The third kappa shape index (κ3) is 5.06. The Morgan fingerprint density at radius 2 is 2.05 bits per heavy atom. The maximum atomic E-state index is 12.1. The van der Waals surface area contributed by atoms with Gasteiger partial charge in [0.25, 0.3) is 5.91 Å². The van der Waals surface area contributed by atoms with Gasteiger partial charge in [-0.2, -0.15) is 0 Å². The van der Waals surface area contributed by atoms with Gasteiger partial charge in [0.1, 0.15) is 0 Å². The van der Waals surface area contributed by atoms with E-state index < -0.39 is 26.7 Å². The predicted octanol–water partition coefficient (Wildman–Crippen LogP) is 0.794. The number of hydrogen-bond acceptors (Lipinski definition) is 4. The Bertz CT molecular complexity index is 674. The average molecular weight is 353 g/mol. The van der Waals surface area contributed by atoms with E-state index in [1.807, 2.05) is 0 Å². The summed E-state index contributed by atoms with van der Waals surface area (Å²) in [4.78, 5) is 11.9. The van der Waals surface area contributed by atoms with E-state index in [9.17, 15) is 17.4 Å². The first kappa shape index (κ1) is 18.1. The molecule has 0 aromatic heterocycles. The molecule has 21 heavy (non-hydrogen) atoms. The summed E-state index contributed by atoms with van der Waals surface area (Å²) in [5.41, 5.74) is 0.366. The molecule has 0 radical (unpaired) electrons. The predicted molar refractivity (Wildman–Crippen MR) is 83.4 cm³/mol. The van der Waals surface area contributed by atoms with Gasteiger partial charge in [-0.1, -0.05) is 18.5 Å². The molecule has 0 spiro atoms. The van der Waals surface area contributed by atoms with Crippen LogP contribution in [0.15, 0.2) is 17.0 Å². The molecule has 0 heterocycles. The summed E-state index contributed by atoms with van der Waals surface area (Å²) in [5.74, 6) is 0.374. The molecule has 1 atom stereocenters. The highest BCUT2D eigenvalue weighted by molar-refractivity contribution is 7.89. The van der Waals surface area contributed by atoms with Crippen molar-refractivity contribution in [2.45, 2.75) is 18.7 Å². The normalized spacial score (nSPS) is 13.0. The van der Waals surface area contributed by atoms with Gasteiger partial charge >= 0.3 is 0 Å². The maximum absolute atomic E-state index is 12.1. The van der Waals surface area contributed by atoms with E-state index in [4.69, 9.17) is 16.7 Å². The summed E-state index contributed by atoms with van der Waals surface area (Å²) in [7, 11) is -4.95. The van der Waals surface area contributed by atoms with Gasteiger partial charge in [-0.15, -0.1) is 0 Å². The minimum Gasteiger partial charge on any atom is -0.351 e. The second kappa shape index (κ2) is 7.35. The summed E-state index contributed by atoms with van der Waals surface area (Å²) < 4.78 is 34.2. The molecule has 1 aromatic carbocycles. The van der Waals surface area contributed by atoms with E-state index in [0.29, 0.717) is 11.5 Å². The molecule has 1 amide bonds. The molecular weight excluding hydrogens is 336 g/mol. The smallest absolute Gasteiger partial charge is 0.251 e. The number of sulfonamides is 1. The largest absolute Gasteiger partial charge is 0.351 e. The molecule has 1 unspecified atom stereocenters. The van der Waals surface area contributed by atoms with Crippen molar-refractivity contribution < 1.29 is 17.4 Å². The molecule has 6 nitrogen and oxygen atoms in total. The number of rotatable bonds is 6. The molecule has 0 aliphatic heterocycles. The van der Waals surface area contributed by atoms with E-state index >= 15 is 0 Å². The minimum absolute atomic E-state index is 0.104. The van der Waals surface area contributed by atoms with Crippen molar-refractivity contribution in [3.8, 4) is 0 Å². The van der Waals surface area contributed by atoms with Crippen LogP contribution in [-0.4, -0.2) is 36.6 Å². The van der Waals surface area contributed by atoms with Crippen molar-refractivity contribution >= 4 is 38.3 Å². The molecular formula is C12H17ClN2O4S2. The molecule has 1 rings (SSSR count). The Morgan fingerprint density at radius 1 is 1.43 bits per heavy atom. The Labute approximate surface area is 131 Å². The number of halogens is 1. The van der Waals surface area contributed by atoms with Crippen LogP contribution in [0.25, 0.3) is 0 Å². The highest BCUT2D eigenvalue weighted by Gasteiger charge is 2.19. The number of carbonyl (C=O) groups is 1. The number of nitrogens with two attached hydrogens (primary N) is 1. The zero-order valence-corrected chi connectivity index (χ0v) is 14.1.